The highest BCUT2D eigenvalue weighted by Gasteiger charge is 2.45. The van der Waals surface area contributed by atoms with Gasteiger partial charge in [-0.1, -0.05) is 27.2 Å². The lowest BCUT2D eigenvalue weighted by Gasteiger charge is -2.41. The Labute approximate surface area is 118 Å². The summed E-state index contributed by atoms with van der Waals surface area (Å²) in [6.07, 6.45) is 6.80. The average molecular weight is 266 g/mol. The maximum absolute atomic E-state index is 13.1. The number of carbonyl (C=O) groups is 1. The van der Waals surface area contributed by atoms with E-state index in [0.717, 1.165) is 45.3 Å². The van der Waals surface area contributed by atoms with Crippen molar-refractivity contribution in [1.82, 2.24) is 10.2 Å². The highest BCUT2D eigenvalue weighted by molar-refractivity contribution is 5.83. The Kier molecular flexibility index (Phi) is 4.88. The van der Waals surface area contributed by atoms with Gasteiger partial charge >= 0.3 is 0 Å². The molecule has 0 aromatic heterocycles. The predicted molar refractivity (Wildman–Crippen MR) is 79.0 cm³/mol. The Morgan fingerprint density at radius 1 is 1.42 bits per heavy atom. The molecule has 1 atom stereocenters. The Morgan fingerprint density at radius 3 is 2.63 bits per heavy atom. The first-order valence-electron chi connectivity index (χ1n) is 8.11. The third-order valence-corrected chi connectivity index (χ3v) is 4.46. The van der Waals surface area contributed by atoms with E-state index >= 15 is 0 Å². The monoisotopic (exact) mass is 266 g/mol. The minimum atomic E-state index is -0.107. The number of rotatable bonds is 6. The molecule has 110 valence electrons. The molecule has 1 heterocycles. The first kappa shape index (κ1) is 14.8. The molecule has 1 N–H and O–H groups in total. The van der Waals surface area contributed by atoms with Crippen LogP contribution in [0.2, 0.25) is 0 Å². The molecular formula is C16H30N2O. The zero-order valence-electron chi connectivity index (χ0n) is 12.9. The normalized spacial score (nSPS) is 27.6. The first-order chi connectivity index (χ1) is 9.09. The summed E-state index contributed by atoms with van der Waals surface area (Å²) in [5.74, 6) is 1.01. The fourth-order valence-electron chi connectivity index (χ4n) is 3.43. The zero-order chi connectivity index (χ0) is 13.9. The lowest BCUT2D eigenvalue weighted by atomic mass is 9.75. The molecule has 2 aliphatic rings. The van der Waals surface area contributed by atoms with Crippen molar-refractivity contribution in [2.75, 3.05) is 19.6 Å². The van der Waals surface area contributed by atoms with Gasteiger partial charge in [-0.05, 0) is 44.6 Å². The SMILES string of the molecule is CCCC1(C(=O)N(CC(C)C)C2CC2)CCCNC1. The van der Waals surface area contributed by atoms with Crippen LogP contribution >= 0.6 is 0 Å². The van der Waals surface area contributed by atoms with E-state index in [1.165, 1.54) is 12.8 Å². The van der Waals surface area contributed by atoms with Crippen LogP contribution in [0.5, 0.6) is 0 Å². The van der Waals surface area contributed by atoms with Gasteiger partial charge in [0.2, 0.25) is 5.91 Å². The summed E-state index contributed by atoms with van der Waals surface area (Å²) in [6.45, 7) is 9.54. The molecule has 2 fully saturated rings. The molecule has 1 saturated heterocycles. The summed E-state index contributed by atoms with van der Waals surface area (Å²) < 4.78 is 0. The fourth-order valence-corrected chi connectivity index (χ4v) is 3.43. The average Bonchev–Trinajstić information content (AvgIpc) is 3.20. The minimum Gasteiger partial charge on any atom is -0.339 e. The molecule has 1 amide bonds. The molecule has 0 spiro atoms. The highest BCUT2D eigenvalue weighted by Crippen LogP contribution is 2.38. The molecule has 3 nitrogen and oxygen atoms in total. The predicted octanol–water partition coefficient (Wildman–Crippen LogP) is 2.80. The summed E-state index contributed by atoms with van der Waals surface area (Å²) >= 11 is 0. The van der Waals surface area contributed by atoms with E-state index in [1.54, 1.807) is 0 Å². The zero-order valence-corrected chi connectivity index (χ0v) is 12.9. The lowest BCUT2D eigenvalue weighted by Crippen LogP contribution is -2.53. The summed E-state index contributed by atoms with van der Waals surface area (Å²) in [7, 11) is 0. The molecule has 0 radical (unpaired) electrons. The van der Waals surface area contributed by atoms with Crippen molar-refractivity contribution in [1.29, 1.82) is 0 Å². The van der Waals surface area contributed by atoms with E-state index < -0.39 is 0 Å². The number of hydrogen-bond acceptors (Lipinski definition) is 2. The Hall–Kier alpha value is -0.570. The molecule has 0 aromatic rings. The number of amides is 1. The highest BCUT2D eigenvalue weighted by atomic mass is 16.2. The molecule has 2 rings (SSSR count). The van der Waals surface area contributed by atoms with Gasteiger partial charge in [-0.25, -0.2) is 0 Å². The van der Waals surface area contributed by atoms with Crippen molar-refractivity contribution in [3.8, 4) is 0 Å². The second kappa shape index (κ2) is 6.25. The van der Waals surface area contributed by atoms with Gasteiger partial charge in [0.05, 0.1) is 5.41 Å². The van der Waals surface area contributed by atoms with Crippen LogP contribution in [0.4, 0.5) is 0 Å². The van der Waals surface area contributed by atoms with E-state index in [4.69, 9.17) is 0 Å². The summed E-state index contributed by atoms with van der Waals surface area (Å²) in [5, 5.41) is 3.46. The largest absolute Gasteiger partial charge is 0.339 e. The number of carbonyl (C=O) groups excluding carboxylic acids is 1. The van der Waals surface area contributed by atoms with E-state index in [9.17, 15) is 4.79 Å². The summed E-state index contributed by atoms with van der Waals surface area (Å²) in [6, 6.07) is 0.547. The van der Waals surface area contributed by atoms with Crippen molar-refractivity contribution in [2.45, 2.75) is 65.3 Å². The van der Waals surface area contributed by atoms with Crippen LogP contribution in [0, 0.1) is 11.3 Å². The Morgan fingerprint density at radius 2 is 2.16 bits per heavy atom. The molecule has 1 unspecified atom stereocenters. The standard InChI is InChI=1S/C16H30N2O/c1-4-8-16(9-5-10-17-12-16)15(19)18(11-13(2)3)14-6-7-14/h13-14,17H,4-12H2,1-3H3. The smallest absolute Gasteiger partial charge is 0.230 e. The van der Waals surface area contributed by atoms with Crippen LogP contribution < -0.4 is 5.32 Å². The lowest BCUT2D eigenvalue weighted by molar-refractivity contribution is -0.145. The number of piperidine rings is 1. The van der Waals surface area contributed by atoms with Crippen molar-refractivity contribution in [3.05, 3.63) is 0 Å². The van der Waals surface area contributed by atoms with Crippen molar-refractivity contribution >= 4 is 5.91 Å². The third-order valence-electron chi connectivity index (χ3n) is 4.46. The van der Waals surface area contributed by atoms with Gasteiger partial charge in [-0.2, -0.15) is 0 Å². The molecule has 1 saturated carbocycles. The van der Waals surface area contributed by atoms with Gasteiger partial charge in [-0.15, -0.1) is 0 Å². The van der Waals surface area contributed by atoms with E-state index in [0.29, 0.717) is 17.9 Å². The summed E-state index contributed by atoms with van der Waals surface area (Å²) in [4.78, 5) is 15.3. The van der Waals surface area contributed by atoms with Crippen molar-refractivity contribution < 1.29 is 4.79 Å². The van der Waals surface area contributed by atoms with Crippen LogP contribution in [0.1, 0.15) is 59.3 Å². The third kappa shape index (κ3) is 3.50. The second-order valence-corrected chi connectivity index (χ2v) is 6.89. The molecule has 3 heteroatoms. The Bertz CT molecular complexity index is 298. The van der Waals surface area contributed by atoms with Gasteiger partial charge in [0.25, 0.3) is 0 Å². The van der Waals surface area contributed by atoms with Gasteiger partial charge in [0, 0.05) is 19.1 Å². The van der Waals surface area contributed by atoms with Crippen LogP contribution in [0.25, 0.3) is 0 Å². The second-order valence-electron chi connectivity index (χ2n) is 6.89. The van der Waals surface area contributed by atoms with Crippen LogP contribution in [0.3, 0.4) is 0 Å². The van der Waals surface area contributed by atoms with Crippen LogP contribution in [-0.2, 0) is 4.79 Å². The van der Waals surface area contributed by atoms with Gasteiger partial charge in [0.1, 0.15) is 0 Å². The minimum absolute atomic E-state index is 0.107. The molecule has 19 heavy (non-hydrogen) atoms. The maximum atomic E-state index is 13.1. The molecule has 0 bridgehead atoms. The number of nitrogens with zero attached hydrogens (tertiary/aromatic N) is 1. The molecule has 1 aliphatic heterocycles. The molecule has 1 aliphatic carbocycles. The van der Waals surface area contributed by atoms with Crippen LogP contribution in [0.15, 0.2) is 0 Å². The van der Waals surface area contributed by atoms with Gasteiger partial charge in [-0.3, -0.25) is 4.79 Å². The van der Waals surface area contributed by atoms with Crippen molar-refractivity contribution in [3.63, 3.8) is 0 Å². The topological polar surface area (TPSA) is 32.3 Å². The molecular weight excluding hydrogens is 236 g/mol. The maximum Gasteiger partial charge on any atom is 0.230 e. The Balaban J connectivity index is 2.11. The van der Waals surface area contributed by atoms with Gasteiger partial charge in [0.15, 0.2) is 0 Å². The van der Waals surface area contributed by atoms with Gasteiger partial charge < -0.3 is 10.2 Å². The summed E-state index contributed by atoms with van der Waals surface area (Å²) in [5.41, 5.74) is -0.107. The quantitative estimate of drug-likeness (QED) is 0.802. The molecule has 0 aromatic carbocycles. The fraction of sp³-hybridized carbons (Fsp3) is 0.938. The number of nitrogens with one attached hydrogen (secondary N) is 1. The van der Waals surface area contributed by atoms with Crippen molar-refractivity contribution in [2.24, 2.45) is 11.3 Å². The van der Waals surface area contributed by atoms with Crippen LogP contribution in [-0.4, -0.2) is 36.5 Å². The first-order valence-corrected chi connectivity index (χ1v) is 8.11. The number of hydrogen-bond donors (Lipinski definition) is 1. The van der Waals surface area contributed by atoms with E-state index in [1.807, 2.05) is 0 Å². The van der Waals surface area contributed by atoms with E-state index in [-0.39, 0.29) is 5.41 Å². The van der Waals surface area contributed by atoms with E-state index in [2.05, 4.69) is 31.0 Å².